The average Bonchev–Trinajstić information content (AvgIpc) is 3.65. The summed E-state index contributed by atoms with van der Waals surface area (Å²) in [5, 5.41) is 35.2. The second kappa shape index (κ2) is 19.8. The van der Waals surface area contributed by atoms with Gasteiger partial charge < -0.3 is 56.0 Å². The van der Waals surface area contributed by atoms with Crippen LogP contribution in [0.4, 0.5) is 5.82 Å². The Morgan fingerprint density at radius 2 is 1.75 bits per heavy atom. The maximum Gasteiger partial charge on any atom is 0.481 e. The molecule has 1 fully saturated rings. The van der Waals surface area contributed by atoms with Crippen LogP contribution in [0.3, 0.4) is 0 Å². The van der Waals surface area contributed by atoms with E-state index in [1.54, 1.807) is 6.92 Å². The van der Waals surface area contributed by atoms with E-state index in [0.29, 0.717) is 6.42 Å². The third-order valence-corrected chi connectivity index (χ3v) is 11.9. The number of phosphoric acid groups is 3. The predicted octanol–water partition coefficient (Wildman–Crippen LogP) is -1.32. The first-order valence-corrected chi connectivity index (χ1v) is 21.7. The van der Waals surface area contributed by atoms with Crippen LogP contribution in [0.5, 0.6) is 0 Å². The van der Waals surface area contributed by atoms with Gasteiger partial charge in [-0.1, -0.05) is 32.5 Å². The molecule has 8 atom stereocenters. The number of aromatic nitrogens is 4. The van der Waals surface area contributed by atoms with Gasteiger partial charge in [0, 0.05) is 30.7 Å². The Kier molecular flexibility index (Phi) is 16.9. The molecule has 0 aromatic carbocycles. The van der Waals surface area contributed by atoms with Gasteiger partial charge in [-0.05, 0) is 6.42 Å². The van der Waals surface area contributed by atoms with Crippen LogP contribution >= 0.6 is 35.2 Å². The highest BCUT2D eigenvalue weighted by atomic mass is 32.2. The molecule has 0 bridgehead atoms. The van der Waals surface area contributed by atoms with Gasteiger partial charge in [0.25, 0.3) is 0 Å². The highest BCUT2D eigenvalue weighted by Crippen LogP contribution is 2.61. The van der Waals surface area contributed by atoms with Crippen molar-refractivity contribution in [2.24, 2.45) is 11.3 Å². The summed E-state index contributed by atoms with van der Waals surface area (Å²) >= 11 is 0.967. The molecule has 25 nitrogen and oxygen atoms in total. The number of nitrogens with zero attached hydrogens (tertiary/aromatic N) is 4. The maximum atomic E-state index is 12.7. The summed E-state index contributed by atoms with van der Waals surface area (Å²) in [6.07, 6.45) is -6.51. The Morgan fingerprint density at radius 3 is 2.38 bits per heavy atom. The quantitative estimate of drug-likeness (QED) is 0.0485. The number of ether oxygens (including phenoxy) is 1. The van der Waals surface area contributed by atoms with Crippen molar-refractivity contribution in [3.05, 3.63) is 12.7 Å². The van der Waals surface area contributed by atoms with Crippen molar-refractivity contribution in [1.29, 1.82) is 0 Å². The van der Waals surface area contributed by atoms with Crippen LogP contribution in [0.15, 0.2) is 12.7 Å². The van der Waals surface area contributed by atoms with Crippen molar-refractivity contribution < 1.29 is 85.6 Å². The van der Waals surface area contributed by atoms with Crippen molar-refractivity contribution in [3.63, 3.8) is 0 Å². The van der Waals surface area contributed by atoms with Crippen LogP contribution in [0, 0.1) is 11.3 Å². The molecule has 1 saturated heterocycles. The second-order valence-corrected chi connectivity index (χ2v) is 17.9. The molecular formula is C26H44N7O18P3S. The van der Waals surface area contributed by atoms with E-state index in [-0.39, 0.29) is 54.0 Å². The molecule has 55 heavy (non-hydrogen) atoms. The maximum absolute atomic E-state index is 12.7. The smallest absolute Gasteiger partial charge is 0.396 e. The number of carbonyl (C=O) groups excluding carboxylic acids is 3. The van der Waals surface area contributed by atoms with Gasteiger partial charge in [0.2, 0.25) is 11.8 Å². The molecule has 0 radical (unpaired) electrons. The average molecular weight is 868 g/mol. The van der Waals surface area contributed by atoms with Gasteiger partial charge >= 0.3 is 23.5 Å². The van der Waals surface area contributed by atoms with Crippen LogP contribution in [0.25, 0.3) is 11.2 Å². The number of anilines is 1. The van der Waals surface area contributed by atoms with Crippen LogP contribution in [-0.4, -0.2) is 134 Å². The number of rotatable bonds is 22. The van der Waals surface area contributed by atoms with Crippen molar-refractivity contribution in [1.82, 2.24) is 30.2 Å². The topological polar surface area (TPSA) is 384 Å². The molecule has 0 saturated carbocycles. The molecule has 1 aliphatic rings. The number of aliphatic hydroxyl groups is 3. The number of carbonyl (C=O) groups is 3. The summed E-state index contributed by atoms with van der Waals surface area (Å²) < 4.78 is 62.0. The van der Waals surface area contributed by atoms with Gasteiger partial charge in [-0.15, -0.1) is 0 Å². The van der Waals surface area contributed by atoms with Gasteiger partial charge in [-0.25, -0.2) is 28.6 Å². The molecule has 3 rings (SSSR count). The first kappa shape index (κ1) is 46.9. The fraction of sp³-hybridized carbons (Fsp3) is 0.692. The summed E-state index contributed by atoms with van der Waals surface area (Å²) in [7, 11) is -16.4. The minimum Gasteiger partial charge on any atom is -0.396 e. The zero-order chi connectivity index (χ0) is 41.4. The standard InChI is InChI=1S/C26H44N7O18P3S/c1-4-14(9-34)25(39)55-8-7-28-16(35)5-6-29-23(38)20(37)26(2,3)11-48-54(45,46)51-53(43,44)47-10-15-19(50-52(40,41)42)18(36)24(49-15)33-13-32-17-21(27)30-12-31-22(17)33/h12-15,18-20,24,34,36-37H,4-11H2,1-3H3,(H,28,35)(H,29,38)(H,43,44)(H,45,46)(H2,27,30,31)(H2,40,41,42). The highest BCUT2D eigenvalue weighted by molar-refractivity contribution is 8.13. The number of nitrogen functional groups attached to an aromatic ring is 1. The summed E-state index contributed by atoms with van der Waals surface area (Å²) in [4.78, 5) is 87.4. The Labute approximate surface area is 317 Å². The largest absolute Gasteiger partial charge is 0.481 e. The van der Waals surface area contributed by atoms with Crippen molar-refractivity contribution >= 4 is 69.1 Å². The molecule has 1 aliphatic heterocycles. The normalized spacial score (nSPS) is 22.4. The monoisotopic (exact) mass is 867 g/mol. The van der Waals surface area contributed by atoms with E-state index < -0.39 is 90.5 Å². The van der Waals surface area contributed by atoms with Crippen molar-refractivity contribution in [2.75, 3.05) is 44.4 Å². The van der Waals surface area contributed by atoms with E-state index >= 15 is 0 Å². The lowest BCUT2D eigenvalue weighted by Crippen LogP contribution is -2.46. The lowest BCUT2D eigenvalue weighted by molar-refractivity contribution is -0.137. The third-order valence-electron chi connectivity index (χ3n) is 7.79. The lowest BCUT2D eigenvalue weighted by atomic mass is 9.87. The van der Waals surface area contributed by atoms with Gasteiger partial charge in [-0.3, -0.25) is 32.5 Å². The van der Waals surface area contributed by atoms with Crippen LogP contribution in [0.2, 0.25) is 0 Å². The van der Waals surface area contributed by atoms with Crippen LogP contribution in [0.1, 0.15) is 39.8 Å². The molecule has 11 N–H and O–H groups in total. The summed E-state index contributed by atoms with van der Waals surface area (Å²) in [6.45, 7) is 1.86. The molecule has 3 heterocycles. The number of imidazole rings is 1. The zero-order valence-electron chi connectivity index (χ0n) is 29.5. The minimum absolute atomic E-state index is 0.0261. The van der Waals surface area contributed by atoms with E-state index in [2.05, 4.69) is 34.4 Å². The number of phosphoric ester groups is 3. The second-order valence-electron chi connectivity index (χ2n) is 12.5. The minimum atomic E-state index is -5.58. The molecule has 2 aromatic heterocycles. The Hall–Kier alpha value is -2.48. The fourth-order valence-corrected chi connectivity index (χ4v) is 8.48. The Balaban J connectivity index is 1.50. The molecule has 0 aliphatic carbocycles. The van der Waals surface area contributed by atoms with Gasteiger partial charge in [0.15, 0.2) is 22.8 Å². The fourth-order valence-electron chi connectivity index (χ4n) is 4.77. The first-order valence-electron chi connectivity index (χ1n) is 16.2. The van der Waals surface area contributed by atoms with Gasteiger partial charge in [0.05, 0.1) is 32.1 Å². The van der Waals surface area contributed by atoms with Gasteiger partial charge in [0.1, 0.15) is 36.3 Å². The van der Waals surface area contributed by atoms with Crippen molar-refractivity contribution in [3.8, 4) is 0 Å². The first-order chi connectivity index (χ1) is 25.5. The van der Waals surface area contributed by atoms with E-state index in [0.717, 1.165) is 29.0 Å². The number of hydrogen-bond donors (Lipinski definition) is 10. The summed E-state index contributed by atoms with van der Waals surface area (Å²) in [6, 6.07) is 0. The number of nitrogens with two attached hydrogens (primary N) is 1. The molecule has 29 heteroatoms. The van der Waals surface area contributed by atoms with E-state index in [4.69, 9.17) is 24.6 Å². The summed E-state index contributed by atoms with van der Waals surface area (Å²) in [5.41, 5.74) is 4.23. The third kappa shape index (κ3) is 13.8. The van der Waals surface area contributed by atoms with Crippen LogP contribution < -0.4 is 16.4 Å². The number of nitrogens with one attached hydrogen (secondary N) is 2. The summed E-state index contributed by atoms with van der Waals surface area (Å²) in [5.74, 6) is -1.73. The van der Waals surface area contributed by atoms with Crippen molar-refractivity contribution in [2.45, 2.75) is 64.3 Å². The molecule has 2 amide bonds. The molecule has 312 valence electrons. The highest BCUT2D eigenvalue weighted by Gasteiger charge is 2.50. The lowest BCUT2D eigenvalue weighted by Gasteiger charge is -2.30. The number of fused-ring (bicyclic) bond motifs is 1. The molecular weight excluding hydrogens is 823 g/mol. The number of aliphatic hydroxyl groups excluding tert-OH is 3. The number of amides is 2. The number of thioether (sulfide) groups is 1. The molecule has 0 spiro atoms. The Morgan fingerprint density at radius 1 is 1.07 bits per heavy atom. The van der Waals surface area contributed by atoms with E-state index in [1.165, 1.54) is 13.8 Å². The zero-order valence-corrected chi connectivity index (χ0v) is 33.0. The van der Waals surface area contributed by atoms with Gasteiger partial charge in [-0.2, -0.15) is 4.31 Å². The predicted molar refractivity (Wildman–Crippen MR) is 188 cm³/mol. The number of hydrogen-bond acceptors (Lipinski definition) is 19. The van der Waals surface area contributed by atoms with E-state index in [1.807, 2.05) is 0 Å². The van der Waals surface area contributed by atoms with E-state index in [9.17, 15) is 57.9 Å². The SMILES string of the molecule is CCC(CO)C(=O)SCCNC(=O)CCNC(=O)C(O)C(C)(C)COP(=O)(O)OP(=O)(O)OCC1OC(n2cnc3c(N)ncnc32)C(O)C1OP(=O)(O)O. The molecule has 2 aromatic rings. The molecule has 8 unspecified atom stereocenters. The Bertz CT molecular complexity index is 1800. The van der Waals surface area contributed by atoms with Crippen LogP contribution in [-0.2, 0) is 50.7 Å².